The van der Waals surface area contributed by atoms with Gasteiger partial charge >= 0.3 is 0 Å². The maximum Gasteiger partial charge on any atom is 0.218 e. The standard InChI is InChI=1S/C16H18FN3O3S/c17-15-6-2-1-4-13(15)11-24(21,22)20-9-3-5-14(10-20)23-16-7-8-18-12-19-16/h1-2,4,6-8,12,14H,3,5,9-11H2. The maximum absolute atomic E-state index is 13.7. The number of ether oxygens (including phenoxy) is 1. The van der Waals surface area contributed by atoms with Gasteiger partial charge in [-0.15, -0.1) is 0 Å². The average Bonchev–Trinajstić information content (AvgIpc) is 2.58. The molecule has 1 atom stereocenters. The summed E-state index contributed by atoms with van der Waals surface area (Å²) in [7, 11) is -3.60. The van der Waals surface area contributed by atoms with Crippen LogP contribution in [0.3, 0.4) is 0 Å². The van der Waals surface area contributed by atoms with E-state index in [9.17, 15) is 12.8 Å². The molecule has 1 saturated heterocycles. The molecule has 2 heterocycles. The number of aromatic nitrogens is 2. The van der Waals surface area contributed by atoms with E-state index in [4.69, 9.17) is 4.74 Å². The first-order chi connectivity index (χ1) is 11.5. The number of hydrogen-bond acceptors (Lipinski definition) is 5. The lowest BCUT2D eigenvalue weighted by Crippen LogP contribution is -2.44. The summed E-state index contributed by atoms with van der Waals surface area (Å²) in [5, 5.41) is 0. The summed E-state index contributed by atoms with van der Waals surface area (Å²) >= 11 is 0. The van der Waals surface area contributed by atoms with E-state index in [0.29, 0.717) is 18.8 Å². The van der Waals surface area contributed by atoms with Gasteiger partial charge in [0.1, 0.15) is 18.2 Å². The zero-order chi connectivity index (χ0) is 17.0. The van der Waals surface area contributed by atoms with Crippen molar-refractivity contribution in [1.29, 1.82) is 0 Å². The van der Waals surface area contributed by atoms with Crippen LogP contribution in [0.25, 0.3) is 0 Å². The monoisotopic (exact) mass is 351 g/mol. The Bertz CT molecular complexity index is 786. The lowest BCUT2D eigenvalue weighted by atomic mass is 10.1. The van der Waals surface area contributed by atoms with Crippen molar-refractivity contribution in [3.63, 3.8) is 0 Å². The van der Waals surface area contributed by atoms with Gasteiger partial charge in [0.15, 0.2) is 0 Å². The summed E-state index contributed by atoms with van der Waals surface area (Å²) in [6.45, 7) is 0.654. The Kier molecular flexibility index (Phi) is 5.06. The minimum absolute atomic E-state index is 0.177. The smallest absolute Gasteiger partial charge is 0.218 e. The van der Waals surface area contributed by atoms with Gasteiger partial charge in [0, 0.05) is 24.4 Å². The highest BCUT2D eigenvalue weighted by molar-refractivity contribution is 7.88. The van der Waals surface area contributed by atoms with Crippen molar-refractivity contribution >= 4 is 10.0 Å². The van der Waals surface area contributed by atoms with Crippen molar-refractivity contribution in [2.24, 2.45) is 0 Å². The third-order valence-corrected chi connectivity index (χ3v) is 5.67. The zero-order valence-electron chi connectivity index (χ0n) is 13.0. The number of hydrogen-bond donors (Lipinski definition) is 0. The minimum atomic E-state index is -3.60. The molecule has 0 radical (unpaired) electrons. The second kappa shape index (κ2) is 7.23. The summed E-state index contributed by atoms with van der Waals surface area (Å²) in [5.41, 5.74) is 0.177. The zero-order valence-corrected chi connectivity index (χ0v) is 13.8. The van der Waals surface area contributed by atoms with Gasteiger partial charge in [0.25, 0.3) is 0 Å². The molecular weight excluding hydrogens is 333 g/mol. The number of benzene rings is 1. The molecule has 1 unspecified atom stereocenters. The highest BCUT2D eigenvalue weighted by atomic mass is 32.2. The Labute approximate surface area is 140 Å². The number of halogens is 1. The molecule has 128 valence electrons. The largest absolute Gasteiger partial charge is 0.473 e. The van der Waals surface area contributed by atoms with E-state index in [0.717, 1.165) is 6.42 Å². The summed E-state index contributed by atoms with van der Waals surface area (Å²) in [4.78, 5) is 7.80. The van der Waals surface area contributed by atoms with Crippen LogP contribution in [0.4, 0.5) is 4.39 Å². The number of rotatable bonds is 5. The predicted molar refractivity (Wildman–Crippen MR) is 86.3 cm³/mol. The fraction of sp³-hybridized carbons (Fsp3) is 0.375. The van der Waals surface area contributed by atoms with Gasteiger partial charge in [-0.2, -0.15) is 4.31 Å². The van der Waals surface area contributed by atoms with Crippen molar-refractivity contribution in [3.05, 3.63) is 54.2 Å². The van der Waals surface area contributed by atoms with Gasteiger partial charge in [0.2, 0.25) is 15.9 Å². The molecule has 1 aliphatic rings. The van der Waals surface area contributed by atoms with E-state index in [2.05, 4.69) is 9.97 Å². The SMILES string of the molecule is O=S(=O)(Cc1ccccc1F)N1CCCC(Oc2ccncn2)C1. The molecule has 0 N–H and O–H groups in total. The van der Waals surface area contributed by atoms with Gasteiger partial charge in [-0.3, -0.25) is 0 Å². The highest BCUT2D eigenvalue weighted by Crippen LogP contribution is 2.21. The molecule has 0 aliphatic carbocycles. The van der Waals surface area contributed by atoms with Crippen LogP contribution < -0.4 is 4.74 Å². The Hall–Kier alpha value is -2.06. The molecule has 6 nitrogen and oxygen atoms in total. The van der Waals surface area contributed by atoms with Crippen LogP contribution in [-0.4, -0.2) is 41.9 Å². The maximum atomic E-state index is 13.7. The van der Waals surface area contributed by atoms with E-state index < -0.39 is 15.8 Å². The van der Waals surface area contributed by atoms with E-state index in [1.807, 2.05) is 0 Å². The van der Waals surface area contributed by atoms with Crippen molar-refractivity contribution < 1.29 is 17.5 Å². The molecule has 0 bridgehead atoms. The number of piperidine rings is 1. The van der Waals surface area contributed by atoms with Crippen molar-refractivity contribution in [2.45, 2.75) is 24.7 Å². The van der Waals surface area contributed by atoms with Gasteiger partial charge in [-0.1, -0.05) is 18.2 Å². The van der Waals surface area contributed by atoms with E-state index in [1.165, 1.54) is 28.8 Å². The minimum Gasteiger partial charge on any atom is -0.473 e. The van der Waals surface area contributed by atoms with Crippen LogP contribution in [0.1, 0.15) is 18.4 Å². The Morgan fingerprint density at radius 3 is 2.88 bits per heavy atom. The van der Waals surface area contributed by atoms with E-state index >= 15 is 0 Å². The Balaban J connectivity index is 1.68. The second-order valence-corrected chi connectivity index (χ2v) is 7.60. The molecule has 0 saturated carbocycles. The third kappa shape index (κ3) is 4.07. The van der Waals surface area contributed by atoms with Crippen LogP contribution in [0.5, 0.6) is 5.88 Å². The van der Waals surface area contributed by atoms with E-state index in [-0.39, 0.29) is 24.0 Å². The first-order valence-corrected chi connectivity index (χ1v) is 9.29. The first kappa shape index (κ1) is 16.8. The fourth-order valence-electron chi connectivity index (χ4n) is 2.68. The van der Waals surface area contributed by atoms with Gasteiger partial charge in [0.05, 0.1) is 12.3 Å². The highest BCUT2D eigenvalue weighted by Gasteiger charge is 2.30. The average molecular weight is 351 g/mol. The summed E-state index contributed by atoms with van der Waals surface area (Å²) < 4.78 is 46.0. The molecule has 0 spiro atoms. The third-order valence-electron chi connectivity index (χ3n) is 3.87. The van der Waals surface area contributed by atoms with Gasteiger partial charge in [-0.25, -0.2) is 22.8 Å². The lowest BCUT2D eigenvalue weighted by molar-refractivity contribution is 0.124. The molecule has 3 rings (SSSR count). The molecule has 8 heteroatoms. The topological polar surface area (TPSA) is 72.4 Å². The van der Waals surface area contributed by atoms with Crippen molar-refractivity contribution in [1.82, 2.24) is 14.3 Å². The Morgan fingerprint density at radius 2 is 2.12 bits per heavy atom. The van der Waals surface area contributed by atoms with Crippen LogP contribution in [-0.2, 0) is 15.8 Å². The van der Waals surface area contributed by atoms with Crippen LogP contribution in [0.15, 0.2) is 42.9 Å². The summed E-state index contributed by atoms with van der Waals surface area (Å²) in [5.74, 6) is -0.435. The van der Waals surface area contributed by atoms with E-state index in [1.54, 1.807) is 18.3 Å². The van der Waals surface area contributed by atoms with Crippen LogP contribution >= 0.6 is 0 Å². The second-order valence-electron chi connectivity index (χ2n) is 5.64. The predicted octanol–water partition coefficient (Wildman–Crippen LogP) is 1.99. The quantitative estimate of drug-likeness (QED) is 0.824. The molecule has 24 heavy (non-hydrogen) atoms. The van der Waals surface area contributed by atoms with Crippen molar-refractivity contribution in [3.8, 4) is 5.88 Å². The number of nitrogens with zero attached hydrogens (tertiary/aromatic N) is 3. The molecule has 1 aromatic carbocycles. The molecule has 0 amide bonds. The number of sulfonamides is 1. The molecule has 1 aliphatic heterocycles. The van der Waals surface area contributed by atoms with Crippen molar-refractivity contribution in [2.75, 3.05) is 13.1 Å². The fourth-order valence-corrected chi connectivity index (χ4v) is 4.29. The molecular formula is C16H18FN3O3S. The van der Waals surface area contributed by atoms with Gasteiger partial charge < -0.3 is 4.74 Å². The normalized spacial score (nSPS) is 19.1. The Morgan fingerprint density at radius 1 is 1.29 bits per heavy atom. The molecule has 2 aromatic rings. The summed E-state index contributed by atoms with van der Waals surface area (Å²) in [6, 6.07) is 7.56. The molecule has 1 aromatic heterocycles. The van der Waals surface area contributed by atoms with Gasteiger partial charge in [-0.05, 0) is 18.9 Å². The van der Waals surface area contributed by atoms with Crippen LogP contribution in [0.2, 0.25) is 0 Å². The molecule has 1 fully saturated rings. The lowest BCUT2D eigenvalue weighted by Gasteiger charge is -2.31. The first-order valence-electron chi connectivity index (χ1n) is 7.68. The summed E-state index contributed by atoms with van der Waals surface area (Å²) in [6.07, 6.45) is 4.11. The van der Waals surface area contributed by atoms with Crippen LogP contribution in [0, 0.1) is 5.82 Å².